The average Bonchev–Trinajstić information content (AvgIpc) is 2.43. The Balaban J connectivity index is 2.21. The topological polar surface area (TPSA) is 24.4 Å². The van der Waals surface area contributed by atoms with Crippen molar-refractivity contribution in [3.8, 4) is 0 Å². The van der Waals surface area contributed by atoms with E-state index in [4.69, 9.17) is 0 Å². The van der Waals surface area contributed by atoms with E-state index in [0.29, 0.717) is 0 Å². The highest BCUT2D eigenvalue weighted by atomic mass is 15.3. The lowest BCUT2D eigenvalue weighted by Crippen LogP contribution is -2.03. The Labute approximate surface area is 121 Å². The van der Waals surface area contributed by atoms with Gasteiger partial charge >= 0.3 is 0 Å². The average molecular weight is 266 g/mol. The summed E-state index contributed by atoms with van der Waals surface area (Å²) in [6.07, 6.45) is 0.904. The maximum absolute atomic E-state index is 4.57. The van der Waals surface area contributed by atoms with Gasteiger partial charge in [0.2, 0.25) is 0 Å². The fourth-order valence-corrected chi connectivity index (χ4v) is 2.16. The van der Waals surface area contributed by atoms with Gasteiger partial charge in [-0.25, -0.2) is 0 Å². The molecule has 0 atom stereocenters. The molecule has 2 heteroatoms. The molecule has 0 saturated carbocycles. The molecule has 0 aromatic heterocycles. The third-order valence-electron chi connectivity index (χ3n) is 3.41. The van der Waals surface area contributed by atoms with Gasteiger partial charge in [0.05, 0.1) is 11.4 Å². The molecule has 104 valence electrons. The molecular weight excluding hydrogens is 244 g/mol. The molecule has 0 unspecified atom stereocenters. The standard InChI is InChI=1S/C18H22N2/c1-5-17(16-9-6-13(2)7-10-16)19-20-18-11-8-14(3)12-15(18)4/h6-12,20H,5H2,1-4H3/b19-17+. The van der Waals surface area contributed by atoms with E-state index in [1.165, 1.54) is 22.3 Å². The van der Waals surface area contributed by atoms with Crippen LogP contribution in [0.25, 0.3) is 0 Å². The summed E-state index contributed by atoms with van der Waals surface area (Å²) in [5, 5.41) is 4.57. The van der Waals surface area contributed by atoms with Gasteiger partial charge in [0.25, 0.3) is 0 Å². The van der Waals surface area contributed by atoms with Crippen LogP contribution in [0, 0.1) is 20.8 Å². The second kappa shape index (κ2) is 6.38. The number of rotatable bonds is 4. The summed E-state index contributed by atoms with van der Waals surface area (Å²) >= 11 is 0. The van der Waals surface area contributed by atoms with Crippen LogP contribution in [-0.4, -0.2) is 5.71 Å². The molecule has 0 fully saturated rings. The first-order valence-electron chi connectivity index (χ1n) is 7.07. The van der Waals surface area contributed by atoms with Crippen LogP contribution in [0.1, 0.15) is 35.6 Å². The Kier molecular flexibility index (Phi) is 4.57. The minimum Gasteiger partial charge on any atom is -0.278 e. The normalized spacial score (nSPS) is 11.5. The number of nitrogens with one attached hydrogen (secondary N) is 1. The SMILES string of the molecule is CC/C(=N\Nc1ccc(C)cc1C)c1ccc(C)cc1. The first kappa shape index (κ1) is 14.3. The molecule has 0 spiro atoms. The second-order valence-electron chi connectivity index (χ2n) is 5.21. The number of hydrogen-bond acceptors (Lipinski definition) is 2. The maximum atomic E-state index is 4.57. The molecule has 0 radical (unpaired) electrons. The van der Waals surface area contributed by atoms with Crippen molar-refractivity contribution in [2.75, 3.05) is 5.43 Å². The lowest BCUT2D eigenvalue weighted by Gasteiger charge is -2.09. The zero-order chi connectivity index (χ0) is 14.5. The molecule has 0 saturated heterocycles. The summed E-state index contributed by atoms with van der Waals surface area (Å²) in [7, 11) is 0. The summed E-state index contributed by atoms with van der Waals surface area (Å²) in [6.45, 7) is 8.43. The highest BCUT2D eigenvalue weighted by Crippen LogP contribution is 2.16. The zero-order valence-electron chi connectivity index (χ0n) is 12.7. The van der Waals surface area contributed by atoms with Crippen LogP contribution in [0.2, 0.25) is 0 Å². The van der Waals surface area contributed by atoms with E-state index in [0.717, 1.165) is 17.8 Å². The van der Waals surface area contributed by atoms with Crippen LogP contribution < -0.4 is 5.43 Å². The summed E-state index contributed by atoms with van der Waals surface area (Å²) in [5.41, 5.74) is 10.3. The van der Waals surface area contributed by atoms with Crippen molar-refractivity contribution in [1.29, 1.82) is 0 Å². The largest absolute Gasteiger partial charge is 0.278 e. The van der Waals surface area contributed by atoms with Gasteiger partial charge in [0.15, 0.2) is 0 Å². The molecule has 2 aromatic carbocycles. The van der Waals surface area contributed by atoms with Crippen LogP contribution in [0.15, 0.2) is 47.6 Å². The van der Waals surface area contributed by atoms with E-state index in [1.807, 2.05) is 0 Å². The van der Waals surface area contributed by atoms with E-state index < -0.39 is 0 Å². The summed E-state index contributed by atoms with van der Waals surface area (Å²) in [5.74, 6) is 0. The van der Waals surface area contributed by atoms with E-state index in [1.54, 1.807) is 0 Å². The summed E-state index contributed by atoms with van der Waals surface area (Å²) < 4.78 is 0. The first-order valence-corrected chi connectivity index (χ1v) is 7.07. The third kappa shape index (κ3) is 3.47. The molecule has 20 heavy (non-hydrogen) atoms. The molecule has 0 aliphatic heterocycles. The summed E-state index contributed by atoms with van der Waals surface area (Å²) in [4.78, 5) is 0. The number of nitrogens with zero attached hydrogens (tertiary/aromatic N) is 1. The van der Waals surface area contributed by atoms with Gasteiger partial charge in [0, 0.05) is 0 Å². The molecule has 2 aromatic rings. The van der Waals surface area contributed by atoms with Crippen molar-refractivity contribution >= 4 is 11.4 Å². The van der Waals surface area contributed by atoms with Gasteiger partial charge in [-0.3, -0.25) is 5.43 Å². The van der Waals surface area contributed by atoms with Crippen molar-refractivity contribution in [2.24, 2.45) is 5.10 Å². The number of anilines is 1. The van der Waals surface area contributed by atoms with Crippen LogP contribution in [-0.2, 0) is 0 Å². The Morgan fingerprint density at radius 2 is 1.60 bits per heavy atom. The Hall–Kier alpha value is -2.09. The van der Waals surface area contributed by atoms with Crippen LogP contribution >= 0.6 is 0 Å². The molecule has 0 aliphatic carbocycles. The fourth-order valence-electron chi connectivity index (χ4n) is 2.16. The van der Waals surface area contributed by atoms with Crippen molar-refractivity contribution in [3.05, 3.63) is 64.7 Å². The zero-order valence-corrected chi connectivity index (χ0v) is 12.7. The fraction of sp³-hybridized carbons (Fsp3) is 0.278. The number of hydrazone groups is 1. The number of hydrogen-bond donors (Lipinski definition) is 1. The van der Waals surface area contributed by atoms with Crippen molar-refractivity contribution in [1.82, 2.24) is 0 Å². The van der Waals surface area contributed by atoms with Crippen molar-refractivity contribution < 1.29 is 0 Å². The molecule has 0 amide bonds. The van der Waals surface area contributed by atoms with Gasteiger partial charge in [-0.05, 0) is 44.4 Å². The second-order valence-corrected chi connectivity index (χ2v) is 5.21. The highest BCUT2D eigenvalue weighted by Gasteiger charge is 2.02. The predicted molar refractivity (Wildman–Crippen MR) is 87.5 cm³/mol. The minimum absolute atomic E-state index is 0.904. The third-order valence-corrected chi connectivity index (χ3v) is 3.41. The summed E-state index contributed by atoms with van der Waals surface area (Å²) in [6, 6.07) is 14.8. The van der Waals surface area contributed by atoms with Gasteiger partial charge in [-0.1, -0.05) is 54.4 Å². The van der Waals surface area contributed by atoms with E-state index in [2.05, 4.69) is 80.7 Å². The Morgan fingerprint density at radius 1 is 0.950 bits per heavy atom. The van der Waals surface area contributed by atoms with Crippen molar-refractivity contribution in [3.63, 3.8) is 0 Å². The lowest BCUT2D eigenvalue weighted by atomic mass is 10.1. The lowest BCUT2D eigenvalue weighted by molar-refractivity contribution is 1.21. The van der Waals surface area contributed by atoms with E-state index >= 15 is 0 Å². The van der Waals surface area contributed by atoms with E-state index in [9.17, 15) is 0 Å². The van der Waals surface area contributed by atoms with Gasteiger partial charge in [-0.15, -0.1) is 0 Å². The molecule has 0 heterocycles. The molecule has 2 nitrogen and oxygen atoms in total. The van der Waals surface area contributed by atoms with Gasteiger partial charge < -0.3 is 0 Å². The monoisotopic (exact) mass is 266 g/mol. The number of benzene rings is 2. The van der Waals surface area contributed by atoms with Gasteiger partial charge in [-0.2, -0.15) is 5.10 Å². The van der Waals surface area contributed by atoms with Crippen LogP contribution in [0.5, 0.6) is 0 Å². The minimum atomic E-state index is 0.904. The number of aryl methyl sites for hydroxylation is 3. The maximum Gasteiger partial charge on any atom is 0.0676 e. The van der Waals surface area contributed by atoms with Crippen molar-refractivity contribution in [2.45, 2.75) is 34.1 Å². The molecule has 1 N–H and O–H groups in total. The predicted octanol–water partition coefficient (Wildman–Crippen LogP) is 4.84. The van der Waals surface area contributed by atoms with Gasteiger partial charge in [0.1, 0.15) is 0 Å². The molecule has 2 rings (SSSR count). The molecular formula is C18H22N2. The Bertz CT molecular complexity index is 610. The molecule has 0 aliphatic rings. The van der Waals surface area contributed by atoms with E-state index in [-0.39, 0.29) is 0 Å². The van der Waals surface area contributed by atoms with Crippen LogP contribution in [0.4, 0.5) is 5.69 Å². The first-order chi connectivity index (χ1) is 9.60. The Morgan fingerprint density at radius 3 is 2.20 bits per heavy atom. The smallest absolute Gasteiger partial charge is 0.0676 e. The molecule has 0 bridgehead atoms. The quantitative estimate of drug-likeness (QED) is 0.621. The highest BCUT2D eigenvalue weighted by molar-refractivity contribution is 6.00. The van der Waals surface area contributed by atoms with Crippen LogP contribution in [0.3, 0.4) is 0 Å².